The third kappa shape index (κ3) is 4.80. The lowest BCUT2D eigenvalue weighted by molar-refractivity contribution is 0.0819. The smallest absolute Gasteiger partial charge is 0.263 e. The number of nitrogens with zero attached hydrogens (tertiary/aromatic N) is 1. The minimum Gasteiger partial charge on any atom is -0.391 e. The molecule has 19 heavy (non-hydrogen) atoms. The third-order valence-electron chi connectivity index (χ3n) is 3.12. The fourth-order valence-corrected chi connectivity index (χ4v) is 2.70. The van der Waals surface area contributed by atoms with Crippen LogP contribution in [0.15, 0.2) is 6.20 Å². The molecule has 1 aromatic rings. The van der Waals surface area contributed by atoms with Crippen molar-refractivity contribution in [1.29, 1.82) is 0 Å². The van der Waals surface area contributed by atoms with Gasteiger partial charge in [-0.1, -0.05) is 38.0 Å². The van der Waals surface area contributed by atoms with Gasteiger partial charge in [-0.05, 0) is 12.8 Å². The molecule has 0 aromatic carbocycles. The zero-order valence-corrected chi connectivity index (χ0v) is 12.6. The van der Waals surface area contributed by atoms with E-state index in [4.69, 9.17) is 0 Å². The van der Waals surface area contributed by atoms with Gasteiger partial charge in [0, 0.05) is 13.1 Å². The van der Waals surface area contributed by atoms with Crippen molar-refractivity contribution in [2.24, 2.45) is 5.92 Å². The number of hydrogen-bond acceptors (Lipinski definition) is 5. The maximum atomic E-state index is 11.9. The highest BCUT2D eigenvalue weighted by Gasteiger charge is 2.17. The number of aliphatic hydroxyl groups excluding tert-OH is 1. The molecule has 1 rings (SSSR count). The van der Waals surface area contributed by atoms with Gasteiger partial charge in [0.2, 0.25) is 0 Å². The molecule has 1 unspecified atom stereocenters. The van der Waals surface area contributed by atoms with Gasteiger partial charge in [-0.2, -0.15) is 0 Å². The molecular formula is C13H23N3O2S. The van der Waals surface area contributed by atoms with Crippen molar-refractivity contribution in [3.8, 4) is 0 Å². The van der Waals surface area contributed by atoms with Gasteiger partial charge in [-0.25, -0.2) is 4.98 Å². The summed E-state index contributed by atoms with van der Waals surface area (Å²) in [5.41, 5.74) is 0. The van der Waals surface area contributed by atoms with Crippen molar-refractivity contribution in [1.82, 2.24) is 10.3 Å². The molecule has 0 saturated carbocycles. The Balaban J connectivity index is 2.45. The number of anilines is 1. The first-order valence-corrected chi connectivity index (χ1v) is 7.59. The van der Waals surface area contributed by atoms with E-state index in [2.05, 4.69) is 15.6 Å². The van der Waals surface area contributed by atoms with Crippen LogP contribution in [-0.2, 0) is 0 Å². The monoisotopic (exact) mass is 285 g/mol. The summed E-state index contributed by atoms with van der Waals surface area (Å²) in [5, 5.41) is 16.5. The minimum atomic E-state index is -0.486. The highest BCUT2D eigenvalue weighted by Crippen LogP contribution is 2.18. The van der Waals surface area contributed by atoms with Crippen LogP contribution in [0.5, 0.6) is 0 Å². The summed E-state index contributed by atoms with van der Waals surface area (Å²) >= 11 is 1.32. The van der Waals surface area contributed by atoms with Crippen LogP contribution >= 0.6 is 11.3 Å². The quantitative estimate of drug-likeness (QED) is 0.684. The van der Waals surface area contributed by atoms with Gasteiger partial charge in [0.25, 0.3) is 5.91 Å². The van der Waals surface area contributed by atoms with Crippen LogP contribution < -0.4 is 10.6 Å². The van der Waals surface area contributed by atoms with Gasteiger partial charge in [-0.15, -0.1) is 0 Å². The summed E-state index contributed by atoms with van der Waals surface area (Å²) in [7, 11) is 0. The lowest BCUT2D eigenvalue weighted by Crippen LogP contribution is -2.35. The Morgan fingerprint density at radius 3 is 2.68 bits per heavy atom. The molecule has 1 aromatic heterocycles. The van der Waals surface area contributed by atoms with E-state index in [1.807, 2.05) is 20.8 Å². The molecule has 3 N–H and O–H groups in total. The van der Waals surface area contributed by atoms with Crippen LogP contribution in [-0.4, -0.2) is 35.2 Å². The molecule has 0 saturated heterocycles. The SMILES string of the molecule is CCNc1ncc(C(=O)NCC(O)C(CC)CC)s1. The number of aromatic nitrogens is 1. The van der Waals surface area contributed by atoms with Gasteiger partial charge in [0.05, 0.1) is 12.3 Å². The lowest BCUT2D eigenvalue weighted by Gasteiger charge is -2.20. The molecule has 0 aliphatic carbocycles. The van der Waals surface area contributed by atoms with E-state index in [0.29, 0.717) is 11.4 Å². The molecule has 5 nitrogen and oxygen atoms in total. The molecule has 0 aliphatic heterocycles. The second-order valence-electron chi connectivity index (χ2n) is 4.41. The Hall–Kier alpha value is -1.14. The summed E-state index contributed by atoms with van der Waals surface area (Å²) in [4.78, 5) is 16.6. The van der Waals surface area contributed by atoms with E-state index in [1.54, 1.807) is 6.20 Å². The number of carbonyl (C=O) groups is 1. The maximum absolute atomic E-state index is 11.9. The predicted octanol–water partition coefficient (Wildman–Crippen LogP) is 2.10. The Labute approximate surface area is 118 Å². The Morgan fingerprint density at radius 1 is 1.42 bits per heavy atom. The predicted molar refractivity (Wildman–Crippen MR) is 78.7 cm³/mol. The van der Waals surface area contributed by atoms with E-state index in [1.165, 1.54) is 11.3 Å². The van der Waals surface area contributed by atoms with Crippen molar-refractivity contribution < 1.29 is 9.90 Å². The van der Waals surface area contributed by atoms with Crippen LogP contribution in [0.2, 0.25) is 0 Å². The standard InChI is InChI=1S/C13H23N3O2S/c1-4-9(5-2)10(17)7-15-12(18)11-8-16-13(19-11)14-6-3/h8-10,17H,4-7H2,1-3H3,(H,14,16)(H,15,18). The zero-order chi connectivity index (χ0) is 14.3. The van der Waals surface area contributed by atoms with Crippen molar-refractivity contribution in [3.05, 3.63) is 11.1 Å². The summed E-state index contributed by atoms with van der Waals surface area (Å²) in [5.74, 6) is 0.0609. The number of rotatable bonds is 8. The molecule has 1 amide bonds. The molecule has 108 valence electrons. The molecule has 1 atom stereocenters. The van der Waals surface area contributed by atoms with Crippen LogP contribution in [0, 0.1) is 5.92 Å². The molecule has 0 aliphatic rings. The first-order valence-electron chi connectivity index (χ1n) is 6.78. The average Bonchev–Trinajstić information content (AvgIpc) is 2.86. The Morgan fingerprint density at radius 2 is 2.11 bits per heavy atom. The van der Waals surface area contributed by atoms with Gasteiger partial charge < -0.3 is 15.7 Å². The van der Waals surface area contributed by atoms with Crippen LogP contribution in [0.25, 0.3) is 0 Å². The summed E-state index contributed by atoms with van der Waals surface area (Å²) in [6.07, 6.45) is 2.90. The van der Waals surface area contributed by atoms with Crippen LogP contribution in [0.1, 0.15) is 43.3 Å². The highest BCUT2D eigenvalue weighted by molar-refractivity contribution is 7.17. The number of aliphatic hydroxyl groups is 1. The molecule has 6 heteroatoms. The summed E-state index contributed by atoms with van der Waals surface area (Å²) < 4.78 is 0. The second kappa shape index (κ2) is 8.12. The summed E-state index contributed by atoms with van der Waals surface area (Å²) in [6.45, 7) is 7.14. The van der Waals surface area contributed by atoms with E-state index < -0.39 is 6.10 Å². The molecule has 0 fully saturated rings. The lowest BCUT2D eigenvalue weighted by atomic mass is 9.96. The Kier molecular flexibility index (Phi) is 6.80. The van der Waals surface area contributed by atoms with Crippen molar-refractivity contribution in [2.45, 2.75) is 39.7 Å². The maximum Gasteiger partial charge on any atom is 0.263 e. The average molecular weight is 285 g/mol. The van der Waals surface area contributed by atoms with Gasteiger partial charge in [0.1, 0.15) is 4.88 Å². The van der Waals surface area contributed by atoms with Crippen LogP contribution in [0.3, 0.4) is 0 Å². The number of amides is 1. The molecule has 1 heterocycles. The third-order valence-corrected chi connectivity index (χ3v) is 4.08. The zero-order valence-electron chi connectivity index (χ0n) is 11.8. The minimum absolute atomic E-state index is 0.174. The van der Waals surface area contributed by atoms with Gasteiger partial charge in [0.15, 0.2) is 5.13 Å². The fraction of sp³-hybridized carbons (Fsp3) is 0.692. The summed E-state index contributed by atoms with van der Waals surface area (Å²) in [6, 6.07) is 0. The van der Waals surface area contributed by atoms with Crippen molar-refractivity contribution in [3.63, 3.8) is 0 Å². The van der Waals surface area contributed by atoms with Gasteiger partial charge >= 0.3 is 0 Å². The second-order valence-corrected chi connectivity index (χ2v) is 5.44. The molecular weight excluding hydrogens is 262 g/mol. The van der Waals surface area contributed by atoms with E-state index >= 15 is 0 Å². The van der Waals surface area contributed by atoms with Crippen molar-refractivity contribution in [2.75, 3.05) is 18.4 Å². The largest absolute Gasteiger partial charge is 0.391 e. The first kappa shape index (κ1) is 15.9. The fourth-order valence-electron chi connectivity index (χ4n) is 1.90. The number of carbonyl (C=O) groups excluding carboxylic acids is 1. The number of hydrogen-bond donors (Lipinski definition) is 3. The van der Waals surface area contributed by atoms with Crippen molar-refractivity contribution >= 4 is 22.4 Å². The van der Waals surface area contributed by atoms with Gasteiger partial charge in [-0.3, -0.25) is 4.79 Å². The molecule has 0 radical (unpaired) electrons. The normalized spacial score (nSPS) is 12.5. The van der Waals surface area contributed by atoms with E-state index in [-0.39, 0.29) is 11.8 Å². The molecule has 0 spiro atoms. The molecule has 0 bridgehead atoms. The Bertz CT molecular complexity index is 391. The van der Waals surface area contributed by atoms with E-state index in [9.17, 15) is 9.90 Å². The first-order chi connectivity index (χ1) is 9.12. The highest BCUT2D eigenvalue weighted by atomic mass is 32.1. The number of thiazole rings is 1. The van der Waals surface area contributed by atoms with E-state index in [0.717, 1.165) is 24.5 Å². The van der Waals surface area contributed by atoms with Crippen LogP contribution in [0.4, 0.5) is 5.13 Å². The topological polar surface area (TPSA) is 74.2 Å². The number of nitrogens with one attached hydrogen (secondary N) is 2.